The third-order valence-electron chi connectivity index (χ3n) is 13.4. The predicted molar refractivity (Wildman–Crippen MR) is 270 cm³/mol. The third-order valence-corrected chi connectivity index (χ3v) is 13.4. The van der Waals surface area contributed by atoms with Gasteiger partial charge in [-0.2, -0.15) is 52.7 Å². The molecular formula is C61H29F6N7. The molecule has 11 aromatic rings. The highest BCUT2D eigenvalue weighted by Crippen LogP contribution is 2.50. The molecule has 0 aliphatic rings. The van der Waals surface area contributed by atoms with Crippen LogP contribution in [-0.4, -0.2) is 9.13 Å². The van der Waals surface area contributed by atoms with E-state index in [1.807, 2.05) is 75.9 Å². The van der Waals surface area contributed by atoms with Crippen molar-refractivity contribution < 1.29 is 26.3 Å². The van der Waals surface area contributed by atoms with E-state index in [4.69, 9.17) is 0 Å². The highest BCUT2D eigenvalue weighted by Gasteiger charge is 2.42. The molecule has 0 N–H and O–H groups in total. The lowest BCUT2D eigenvalue weighted by atomic mass is 9.86. The summed E-state index contributed by atoms with van der Waals surface area (Å²) in [5.74, 6) is 0. The lowest BCUT2D eigenvalue weighted by Crippen LogP contribution is -2.14. The second kappa shape index (κ2) is 17.5. The van der Waals surface area contributed by atoms with Gasteiger partial charge < -0.3 is 9.13 Å². The first-order valence-electron chi connectivity index (χ1n) is 22.7. The summed E-state index contributed by atoms with van der Waals surface area (Å²) < 4.78 is 95.3. The molecule has 13 heteroatoms. The number of hydrogen-bond acceptors (Lipinski definition) is 5. The minimum Gasteiger partial charge on any atom is -0.309 e. The van der Waals surface area contributed by atoms with E-state index < -0.39 is 34.6 Å². The normalized spacial score (nSPS) is 11.6. The summed E-state index contributed by atoms with van der Waals surface area (Å²) in [6.45, 7) is 0. The average Bonchev–Trinajstić information content (AvgIpc) is 3.94. The molecule has 0 saturated carbocycles. The van der Waals surface area contributed by atoms with Crippen LogP contribution in [0, 0.1) is 56.7 Å². The zero-order valence-electron chi connectivity index (χ0n) is 38.1. The molecule has 350 valence electrons. The summed E-state index contributed by atoms with van der Waals surface area (Å²) in [5.41, 5.74) is 2.50. The topological polar surface area (TPSA) is 129 Å². The van der Waals surface area contributed by atoms with Crippen molar-refractivity contribution in [2.75, 3.05) is 0 Å². The van der Waals surface area contributed by atoms with E-state index in [0.29, 0.717) is 84.3 Å². The van der Waals surface area contributed by atoms with Crippen LogP contribution in [0.4, 0.5) is 26.3 Å². The fourth-order valence-corrected chi connectivity index (χ4v) is 10.2. The van der Waals surface area contributed by atoms with Crippen LogP contribution in [0.15, 0.2) is 176 Å². The first-order chi connectivity index (χ1) is 35.7. The van der Waals surface area contributed by atoms with E-state index in [9.17, 15) is 26.3 Å². The molecule has 0 spiro atoms. The van der Waals surface area contributed by atoms with Gasteiger partial charge in [0.2, 0.25) is 0 Å². The molecule has 0 unspecified atom stereocenters. The second-order valence-corrected chi connectivity index (χ2v) is 17.4. The summed E-state index contributed by atoms with van der Waals surface area (Å²) in [6, 6.07) is 56.8. The summed E-state index contributed by atoms with van der Waals surface area (Å²) >= 11 is 0. The Morgan fingerprint density at radius 2 is 0.797 bits per heavy atom. The minimum atomic E-state index is -5.24. The first kappa shape index (κ1) is 46.0. The minimum absolute atomic E-state index is 0.0469. The van der Waals surface area contributed by atoms with Gasteiger partial charge in [0, 0.05) is 38.4 Å². The highest BCUT2D eigenvalue weighted by molar-refractivity contribution is 6.12. The van der Waals surface area contributed by atoms with Crippen LogP contribution in [0.1, 0.15) is 38.9 Å². The lowest BCUT2D eigenvalue weighted by molar-refractivity contribution is -0.142. The van der Waals surface area contributed by atoms with Crippen LogP contribution in [-0.2, 0) is 12.4 Å². The number of nitriles is 5. The number of fused-ring (bicyclic) bond motifs is 6. The number of para-hydroxylation sites is 2. The Kier molecular flexibility index (Phi) is 10.9. The molecule has 7 nitrogen and oxygen atoms in total. The number of nitrogens with zero attached hydrogens (tertiary/aromatic N) is 7. The highest BCUT2D eigenvalue weighted by atomic mass is 19.4. The van der Waals surface area contributed by atoms with Gasteiger partial charge in [0.15, 0.2) is 0 Å². The lowest BCUT2D eigenvalue weighted by Gasteiger charge is -2.23. The van der Waals surface area contributed by atoms with E-state index in [0.717, 1.165) is 22.2 Å². The van der Waals surface area contributed by atoms with Crippen molar-refractivity contribution in [1.29, 1.82) is 26.3 Å². The van der Waals surface area contributed by atoms with Gasteiger partial charge in [-0.05, 0) is 137 Å². The molecule has 74 heavy (non-hydrogen) atoms. The Morgan fingerprint density at radius 3 is 1.31 bits per heavy atom. The number of hydrogen-bond donors (Lipinski definition) is 0. The van der Waals surface area contributed by atoms with Crippen molar-refractivity contribution in [3.05, 3.63) is 215 Å². The van der Waals surface area contributed by atoms with Gasteiger partial charge >= 0.3 is 12.4 Å². The number of rotatable bonds is 6. The Morgan fingerprint density at radius 1 is 0.338 bits per heavy atom. The third kappa shape index (κ3) is 7.51. The number of halogens is 6. The van der Waals surface area contributed by atoms with Crippen LogP contribution in [0.5, 0.6) is 0 Å². The van der Waals surface area contributed by atoms with Gasteiger partial charge in [-0.25, -0.2) is 0 Å². The molecular weight excluding hydrogens is 945 g/mol. The van der Waals surface area contributed by atoms with E-state index >= 15 is 26.3 Å². The van der Waals surface area contributed by atoms with Gasteiger partial charge in [-0.15, -0.1) is 0 Å². The van der Waals surface area contributed by atoms with Gasteiger partial charge in [0.05, 0.1) is 97.0 Å². The van der Waals surface area contributed by atoms with Crippen molar-refractivity contribution >= 4 is 43.6 Å². The van der Waals surface area contributed by atoms with Gasteiger partial charge in [0.1, 0.15) is 0 Å². The molecule has 0 radical (unpaired) electrons. The van der Waals surface area contributed by atoms with Crippen LogP contribution in [0.25, 0.3) is 99.5 Å². The SMILES string of the molecule is N#Cc1ccc(-c2ccc3c(c2)c2ccccc2n3-c2ccc(-c3c(C(F)(F)F)cccc3C(F)(F)F)c(-c3cc(C#N)ccc3-n3c4ccccc4c4cc(-c5ccc(C#N)cc5C#N)ccc43)c2)c(C#N)c1. The molecule has 2 aromatic heterocycles. The molecule has 0 amide bonds. The van der Waals surface area contributed by atoms with E-state index in [1.54, 1.807) is 54.6 Å². The van der Waals surface area contributed by atoms with Crippen LogP contribution in [0.2, 0.25) is 0 Å². The van der Waals surface area contributed by atoms with Crippen LogP contribution < -0.4 is 0 Å². The molecule has 0 aliphatic carbocycles. The van der Waals surface area contributed by atoms with E-state index in [-0.39, 0.29) is 27.8 Å². The van der Waals surface area contributed by atoms with Crippen molar-refractivity contribution in [1.82, 2.24) is 9.13 Å². The fraction of sp³-hybridized carbons (Fsp3) is 0.0328. The zero-order chi connectivity index (χ0) is 51.6. The maximum Gasteiger partial charge on any atom is 0.417 e. The Bertz CT molecular complexity index is 4390. The summed E-state index contributed by atoms with van der Waals surface area (Å²) in [6.07, 6.45) is -10.5. The monoisotopic (exact) mass is 973 g/mol. The predicted octanol–water partition coefficient (Wildman–Crippen LogP) is 15.9. The molecule has 2 heterocycles. The summed E-state index contributed by atoms with van der Waals surface area (Å²) in [4.78, 5) is 0. The molecule has 9 aromatic carbocycles. The molecule has 0 saturated heterocycles. The maximum atomic E-state index is 15.3. The molecule has 0 atom stereocenters. The number of alkyl halides is 6. The summed E-state index contributed by atoms with van der Waals surface area (Å²) in [7, 11) is 0. The van der Waals surface area contributed by atoms with Crippen molar-refractivity contribution in [3.63, 3.8) is 0 Å². The largest absolute Gasteiger partial charge is 0.417 e. The van der Waals surface area contributed by atoms with Crippen LogP contribution in [0.3, 0.4) is 0 Å². The Balaban J connectivity index is 1.23. The number of benzene rings is 9. The van der Waals surface area contributed by atoms with E-state index in [1.165, 1.54) is 36.4 Å². The molecule has 0 fully saturated rings. The van der Waals surface area contributed by atoms with Crippen molar-refractivity contribution in [2.45, 2.75) is 12.4 Å². The van der Waals surface area contributed by atoms with Crippen molar-refractivity contribution in [2.24, 2.45) is 0 Å². The Labute approximate surface area is 417 Å². The standard InChI is InChI=1S/C61H29F6N7/c62-60(63,64)52-8-5-9-53(61(65,66)67)59(52)47-20-17-42(73-54-10-3-1-6-45(54)50-27-38(15-22-56(50)73)43-18-12-35(30-68)24-40(43)33-71)29-48(47)49-26-37(32-70)14-21-57(49)74-55-11-4-2-7-46(55)51-28-39(16-23-58(51)74)44-19-13-36(31-69)25-41(44)34-72/h1-29H. The fourth-order valence-electron chi connectivity index (χ4n) is 10.2. The van der Waals surface area contributed by atoms with Gasteiger partial charge in [-0.3, -0.25) is 0 Å². The zero-order valence-corrected chi connectivity index (χ0v) is 38.1. The number of aromatic nitrogens is 2. The van der Waals surface area contributed by atoms with Gasteiger partial charge in [-0.1, -0.05) is 72.8 Å². The van der Waals surface area contributed by atoms with Crippen molar-refractivity contribution in [3.8, 4) is 86.2 Å². The average molecular weight is 974 g/mol. The maximum absolute atomic E-state index is 15.3. The van der Waals surface area contributed by atoms with Crippen LogP contribution >= 0.6 is 0 Å². The quantitative estimate of drug-likeness (QED) is 0.153. The van der Waals surface area contributed by atoms with Gasteiger partial charge in [0.25, 0.3) is 0 Å². The summed E-state index contributed by atoms with van der Waals surface area (Å²) in [5, 5.41) is 52.6. The Hall–Kier alpha value is -10.4. The molecule has 11 rings (SSSR count). The smallest absolute Gasteiger partial charge is 0.309 e. The molecule has 0 bridgehead atoms. The second-order valence-electron chi connectivity index (χ2n) is 17.4. The van der Waals surface area contributed by atoms with E-state index in [2.05, 4.69) is 30.3 Å². The molecule has 0 aliphatic heterocycles. The first-order valence-corrected chi connectivity index (χ1v) is 22.7.